The lowest BCUT2D eigenvalue weighted by Crippen LogP contribution is -2.02. The summed E-state index contributed by atoms with van der Waals surface area (Å²) in [5.74, 6) is -0.0405. The van der Waals surface area contributed by atoms with Gasteiger partial charge in [-0.05, 0) is 30.3 Å². The van der Waals surface area contributed by atoms with Crippen LogP contribution in [0.4, 0.5) is 0 Å². The predicted octanol–water partition coefficient (Wildman–Crippen LogP) is 3.84. The summed E-state index contributed by atoms with van der Waals surface area (Å²) in [6.07, 6.45) is 3.21. The highest BCUT2D eigenvalue weighted by molar-refractivity contribution is 9.11. The molecule has 80 valence electrons. The van der Waals surface area contributed by atoms with Gasteiger partial charge >= 0.3 is 0 Å². The molecule has 0 unspecified atom stereocenters. The number of rotatable bonds is 2. The molecule has 0 spiro atoms. The maximum Gasteiger partial charge on any atom is 0.195 e. The zero-order chi connectivity index (χ0) is 11.5. The van der Waals surface area contributed by atoms with Crippen LogP contribution in [0.15, 0.2) is 51.7 Å². The molecule has 0 saturated carbocycles. The number of carbonyl (C=O) groups is 1. The van der Waals surface area contributed by atoms with Gasteiger partial charge in [0.25, 0.3) is 0 Å². The minimum absolute atomic E-state index is 0.0405. The van der Waals surface area contributed by atoms with E-state index in [2.05, 4.69) is 36.8 Å². The number of aromatic nitrogens is 1. The average molecular weight is 341 g/mol. The lowest BCUT2D eigenvalue weighted by molar-refractivity contribution is 0.103. The Kier molecular flexibility index (Phi) is 3.51. The molecule has 1 aromatic carbocycles. The molecule has 1 aromatic heterocycles. The zero-order valence-corrected chi connectivity index (χ0v) is 11.3. The molecular weight excluding hydrogens is 334 g/mol. The summed E-state index contributed by atoms with van der Waals surface area (Å²) in [4.78, 5) is 16.1. The highest BCUT2D eigenvalue weighted by atomic mass is 79.9. The van der Waals surface area contributed by atoms with Crippen LogP contribution in [0.2, 0.25) is 0 Å². The molecule has 0 atom stereocenters. The molecular formula is C12H7Br2NO. The lowest BCUT2D eigenvalue weighted by atomic mass is 10.1. The first-order chi connectivity index (χ1) is 7.68. The average Bonchev–Trinajstić information content (AvgIpc) is 2.32. The number of nitrogens with zero attached hydrogens (tertiary/aromatic N) is 1. The van der Waals surface area contributed by atoms with Crippen LogP contribution in [0.1, 0.15) is 15.9 Å². The van der Waals surface area contributed by atoms with E-state index >= 15 is 0 Å². The van der Waals surface area contributed by atoms with Crippen LogP contribution in [-0.2, 0) is 0 Å². The van der Waals surface area contributed by atoms with E-state index in [4.69, 9.17) is 0 Å². The summed E-state index contributed by atoms with van der Waals surface area (Å²) in [6.45, 7) is 0. The first-order valence-electron chi connectivity index (χ1n) is 4.58. The number of hydrogen-bond acceptors (Lipinski definition) is 2. The van der Waals surface area contributed by atoms with E-state index in [1.807, 2.05) is 12.1 Å². The highest BCUT2D eigenvalue weighted by Gasteiger charge is 2.12. The number of hydrogen-bond donors (Lipinski definition) is 0. The molecule has 2 nitrogen and oxygen atoms in total. The summed E-state index contributed by atoms with van der Waals surface area (Å²) in [7, 11) is 0. The summed E-state index contributed by atoms with van der Waals surface area (Å²) in [5.41, 5.74) is 1.21. The Morgan fingerprint density at radius 3 is 2.69 bits per heavy atom. The van der Waals surface area contributed by atoms with Crippen LogP contribution in [0.5, 0.6) is 0 Å². The largest absolute Gasteiger partial charge is 0.289 e. The van der Waals surface area contributed by atoms with Gasteiger partial charge in [-0.15, -0.1) is 0 Å². The van der Waals surface area contributed by atoms with Crippen LogP contribution in [0.3, 0.4) is 0 Å². The minimum atomic E-state index is -0.0405. The smallest absolute Gasteiger partial charge is 0.195 e. The van der Waals surface area contributed by atoms with Crippen molar-refractivity contribution >= 4 is 37.6 Å². The van der Waals surface area contributed by atoms with Crippen molar-refractivity contribution in [3.63, 3.8) is 0 Å². The van der Waals surface area contributed by atoms with E-state index in [1.54, 1.807) is 30.6 Å². The second kappa shape index (κ2) is 4.89. The molecule has 16 heavy (non-hydrogen) atoms. The fourth-order valence-corrected chi connectivity index (χ4v) is 2.11. The van der Waals surface area contributed by atoms with Gasteiger partial charge in [-0.25, -0.2) is 0 Å². The lowest BCUT2D eigenvalue weighted by Gasteiger charge is -2.03. The Bertz CT molecular complexity index is 526. The van der Waals surface area contributed by atoms with Crippen molar-refractivity contribution in [1.29, 1.82) is 0 Å². The second-order valence-electron chi connectivity index (χ2n) is 3.19. The van der Waals surface area contributed by atoms with Gasteiger partial charge in [-0.2, -0.15) is 0 Å². The number of pyridine rings is 1. The zero-order valence-electron chi connectivity index (χ0n) is 8.15. The van der Waals surface area contributed by atoms with Gasteiger partial charge in [0, 0.05) is 32.5 Å². The number of carbonyl (C=O) groups excluding carboxylic acids is 1. The topological polar surface area (TPSA) is 30.0 Å². The van der Waals surface area contributed by atoms with Crippen molar-refractivity contribution in [3.05, 3.63) is 62.8 Å². The van der Waals surface area contributed by atoms with Gasteiger partial charge in [0.1, 0.15) is 0 Å². The van der Waals surface area contributed by atoms with E-state index in [-0.39, 0.29) is 5.78 Å². The van der Waals surface area contributed by atoms with Crippen molar-refractivity contribution < 1.29 is 4.79 Å². The maximum absolute atomic E-state index is 12.1. The van der Waals surface area contributed by atoms with Crippen LogP contribution < -0.4 is 0 Å². The summed E-state index contributed by atoms with van der Waals surface area (Å²) in [6, 6.07) is 9.01. The molecule has 0 aliphatic carbocycles. The Hall–Kier alpha value is -1.000. The molecule has 0 fully saturated rings. The second-order valence-corrected chi connectivity index (χ2v) is 4.97. The molecule has 2 rings (SSSR count). The van der Waals surface area contributed by atoms with Crippen molar-refractivity contribution in [1.82, 2.24) is 4.98 Å². The number of halogens is 2. The quantitative estimate of drug-likeness (QED) is 0.777. The number of benzene rings is 1. The van der Waals surface area contributed by atoms with Crippen molar-refractivity contribution in [2.45, 2.75) is 0 Å². The molecule has 0 bridgehead atoms. The molecule has 4 heteroatoms. The summed E-state index contributed by atoms with van der Waals surface area (Å²) < 4.78 is 1.66. The fraction of sp³-hybridized carbons (Fsp3) is 0. The number of ketones is 1. The molecule has 0 aliphatic heterocycles. The third kappa shape index (κ3) is 2.39. The fourth-order valence-electron chi connectivity index (χ4n) is 1.32. The van der Waals surface area contributed by atoms with Crippen molar-refractivity contribution in [2.24, 2.45) is 0 Å². The van der Waals surface area contributed by atoms with Crippen molar-refractivity contribution in [2.75, 3.05) is 0 Å². The van der Waals surface area contributed by atoms with E-state index in [0.717, 1.165) is 8.95 Å². The summed E-state index contributed by atoms with van der Waals surface area (Å²) >= 11 is 6.71. The van der Waals surface area contributed by atoms with E-state index in [9.17, 15) is 4.79 Å². The maximum atomic E-state index is 12.1. The van der Waals surface area contributed by atoms with Crippen LogP contribution in [0.25, 0.3) is 0 Å². The standard InChI is InChI=1S/C12H7Br2NO/c13-9-3-4-11(14)10(6-9)12(16)8-2-1-5-15-7-8/h1-7H. The normalized spacial score (nSPS) is 10.1. The van der Waals surface area contributed by atoms with Gasteiger partial charge < -0.3 is 0 Å². The van der Waals surface area contributed by atoms with Gasteiger partial charge in [-0.3, -0.25) is 9.78 Å². The van der Waals surface area contributed by atoms with E-state index in [1.165, 1.54) is 0 Å². The molecule has 2 aromatic rings. The van der Waals surface area contributed by atoms with Gasteiger partial charge in [0.15, 0.2) is 5.78 Å². The van der Waals surface area contributed by atoms with Crippen LogP contribution in [-0.4, -0.2) is 10.8 Å². The van der Waals surface area contributed by atoms with E-state index < -0.39 is 0 Å². The molecule has 1 heterocycles. The molecule has 0 radical (unpaired) electrons. The SMILES string of the molecule is O=C(c1cccnc1)c1cc(Br)ccc1Br. The molecule has 0 aliphatic rings. The highest BCUT2D eigenvalue weighted by Crippen LogP contribution is 2.23. The van der Waals surface area contributed by atoms with Gasteiger partial charge in [0.2, 0.25) is 0 Å². The monoisotopic (exact) mass is 339 g/mol. The van der Waals surface area contributed by atoms with Gasteiger partial charge in [-0.1, -0.05) is 31.9 Å². The Morgan fingerprint density at radius 1 is 1.19 bits per heavy atom. The van der Waals surface area contributed by atoms with Crippen LogP contribution in [0, 0.1) is 0 Å². The third-order valence-corrected chi connectivity index (χ3v) is 3.28. The summed E-state index contributed by atoms with van der Waals surface area (Å²) in [5, 5.41) is 0. The first-order valence-corrected chi connectivity index (χ1v) is 6.17. The third-order valence-electron chi connectivity index (χ3n) is 2.10. The molecule has 0 amide bonds. The molecule has 0 N–H and O–H groups in total. The van der Waals surface area contributed by atoms with Gasteiger partial charge in [0.05, 0.1) is 0 Å². The predicted molar refractivity (Wildman–Crippen MR) is 69.5 cm³/mol. The van der Waals surface area contributed by atoms with Crippen LogP contribution >= 0.6 is 31.9 Å². The Balaban J connectivity index is 2.46. The van der Waals surface area contributed by atoms with E-state index in [0.29, 0.717) is 11.1 Å². The molecule has 0 saturated heterocycles. The minimum Gasteiger partial charge on any atom is -0.289 e. The first kappa shape index (κ1) is 11.5. The Labute approximate surface area is 110 Å². The Morgan fingerprint density at radius 2 is 2.00 bits per heavy atom. The van der Waals surface area contributed by atoms with Crippen molar-refractivity contribution in [3.8, 4) is 0 Å².